The van der Waals surface area contributed by atoms with Crippen LogP contribution in [0, 0.1) is 34.5 Å². The van der Waals surface area contributed by atoms with Crippen LogP contribution >= 0.6 is 0 Å². The Morgan fingerprint density at radius 3 is 2.06 bits per heavy atom. The van der Waals surface area contributed by atoms with Gasteiger partial charge in [0.25, 0.3) is 0 Å². The van der Waals surface area contributed by atoms with Gasteiger partial charge in [0.15, 0.2) is 0 Å². The number of hydrogen-bond donors (Lipinski definition) is 1. The number of nitriles is 1. The van der Waals surface area contributed by atoms with Gasteiger partial charge in [-0.25, -0.2) is 0 Å². The summed E-state index contributed by atoms with van der Waals surface area (Å²) in [5.41, 5.74) is 0.196. The molecule has 0 radical (unpaired) electrons. The van der Waals surface area contributed by atoms with Gasteiger partial charge in [0.2, 0.25) is 0 Å². The molecule has 0 heterocycles. The number of hydrogen-bond acceptors (Lipinski definition) is 2. The molecule has 4 aliphatic rings. The van der Waals surface area contributed by atoms with E-state index < -0.39 is 0 Å². The Balaban J connectivity index is 1.77. The Morgan fingerprint density at radius 2 is 1.67 bits per heavy atom. The van der Waals surface area contributed by atoms with Crippen molar-refractivity contribution < 1.29 is 0 Å². The summed E-state index contributed by atoms with van der Waals surface area (Å²) >= 11 is 0. The molecule has 0 aromatic rings. The molecule has 4 aliphatic carbocycles. The Morgan fingerprint density at radius 1 is 1.17 bits per heavy atom. The van der Waals surface area contributed by atoms with Gasteiger partial charge in [-0.15, -0.1) is 0 Å². The van der Waals surface area contributed by atoms with E-state index in [1.54, 1.807) is 0 Å². The molecule has 4 bridgehead atoms. The first-order chi connectivity index (χ1) is 8.56. The van der Waals surface area contributed by atoms with Crippen molar-refractivity contribution in [1.82, 2.24) is 5.32 Å². The zero-order chi connectivity index (χ0) is 12.8. The number of nitrogens with zero attached hydrogens (tertiary/aromatic N) is 1. The predicted octanol–water partition coefficient (Wildman–Crippen LogP) is 3.48. The minimum atomic E-state index is -0.305. The lowest BCUT2D eigenvalue weighted by Gasteiger charge is -2.58. The molecule has 1 N–H and O–H groups in total. The highest BCUT2D eigenvalue weighted by Gasteiger charge is 2.52. The SMILES string of the molecule is CCNC(C)(C#N)CC12CC3CC(CC(C3)C1)C2. The van der Waals surface area contributed by atoms with Gasteiger partial charge in [-0.1, -0.05) is 6.92 Å². The van der Waals surface area contributed by atoms with Crippen molar-refractivity contribution >= 4 is 0 Å². The summed E-state index contributed by atoms with van der Waals surface area (Å²) < 4.78 is 0. The monoisotopic (exact) mass is 246 g/mol. The Kier molecular flexibility index (Phi) is 2.94. The van der Waals surface area contributed by atoms with Gasteiger partial charge in [-0.3, -0.25) is 5.32 Å². The molecule has 2 heteroatoms. The molecule has 18 heavy (non-hydrogen) atoms. The van der Waals surface area contributed by atoms with Crippen molar-refractivity contribution in [3.63, 3.8) is 0 Å². The molecular weight excluding hydrogens is 220 g/mol. The second kappa shape index (κ2) is 4.23. The highest BCUT2D eigenvalue weighted by atomic mass is 15.0. The van der Waals surface area contributed by atoms with Gasteiger partial charge in [0, 0.05) is 0 Å². The normalized spacial score (nSPS) is 44.6. The van der Waals surface area contributed by atoms with Crippen LogP contribution in [-0.2, 0) is 0 Å². The van der Waals surface area contributed by atoms with E-state index in [0.29, 0.717) is 5.41 Å². The maximum atomic E-state index is 9.51. The summed E-state index contributed by atoms with van der Waals surface area (Å²) in [5, 5.41) is 12.9. The van der Waals surface area contributed by atoms with E-state index in [4.69, 9.17) is 0 Å². The summed E-state index contributed by atoms with van der Waals surface area (Å²) in [6, 6.07) is 2.54. The second-order valence-electron chi connectivity index (χ2n) is 7.57. The van der Waals surface area contributed by atoms with Crippen LogP contribution in [0.15, 0.2) is 0 Å². The fourth-order valence-corrected chi connectivity index (χ4v) is 5.79. The lowest BCUT2D eigenvalue weighted by Crippen LogP contribution is -2.52. The molecule has 1 unspecified atom stereocenters. The zero-order valence-electron chi connectivity index (χ0n) is 11.8. The van der Waals surface area contributed by atoms with Crippen molar-refractivity contribution in [2.75, 3.05) is 6.54 Å². The highest BCUT2D eigenvalue weighted by Crippen LogP contribution is 2.62. The third-order valence-electron chi connectivity index (χ3n) is 5.71. The van der Waals surface area contributed by atoms with Gasteiger partial charge in [0.1, 0.15) is 5.54 Å². The fraction of sp³-hybridized carbons (Fsp3) is 0.938. The standard InChI is InChI=1S/C16H26N2/c1-3-18-15(2,11-17)10-16-7-12-4-13(8-16)6-14(5-12)9-16/h12-14,18H,3-10H2,1-2H3. The maximum Gasteiger partial charge on any atom is 0.104 e. The molecule has 4 saturated carbocycles. The Labute approximate surface area is 111 Å². The molecule has 0 aromatic carbocycles. The van der Waals surface area contributed by atoms with Crippen molar-refractivity contribution in [2.24, 2.45) is 23.2 Å². The summed E-state index contributed by atoms with van der Waals surface area (Å²) in [7, 11) is 0. The van der Waals surface area contributed by atoms with Gasteiger partial charge in [-0.05, 0) is 81.6 Å². The van der Waals surface area contributed by atoms with Crippen molar-refractivity contribution in [3.8, 4) is 6.07 Å². The summed E-state index contributed by atoms with van der Waals surface area (Å²) in [5.74, 6) is 2.96. The molecule has 1 atom stereocenters. The first kappa shape index (κ1) is 12.5. The number of rotatable bonds is 4. The highest BCUT2D eigenvalue weighted by molar-refractivity contribution is 5.11. The fourth-order valence-electron chi connectivity index (χ4n) is 5.79. The van der Waals surface area contributed by atoms with Crippen LogP contribution in [0.1, 0.15) is 58.8 Å². The van der Waals surface area contributed by atoms with Crippen LogP contribution in [0.5, 0.6) is 0 Å². The topological polar surface area (TPSA) is 35.8 Å². The minimum Gasteiger partial charge on any atom is -0.300 e. The molecule has 0 saturated heterocycles. The molecule has 0 amide bonds. The van der Waals surface area contributed by atoms with Crippen LogP contribution in [-0.4, -0.2) is 12.1 Å². The van der Waals surface area contributed by atoms with Crippen LogP contribution < -0.4 is 5.32 Å². The van der Waals surface area contributed by atoms with Gasteiger partial charge < -0.3 is 0 Å². The summed E-state index contributed by atoms with van der Waals surface area (Å²) in [6.45, 7) is 5.11. The maximum absolute atomic E-state index is 9.51. The average molecular weight is 246 g/mol. The average Bonchev–Trinajstić information content (AvgIpc) is 2.26. The van der Waals surface area contributed by atoms with E-state index in [1.807, 2.05) is 0 Å². The van der Waals surface area contributed by atoms with E-state index in [9.17, 15) is 5.26 Å². The lowest BCUT2D eigenvalue weighted by molar-refractivity contribution is -0.0654. The molecular formula is C16H26N2. The van der Waals surface area contributed by atoms with E-state index in [0.717, 1.165) is 30.7 Å². The van der Waals surface area contributed by atoms with E-state index in [2.05, 4.69) is 25.2 Å². The molecule has 4 rings (SSSR count). The van der Waals surface area contributed by atoms with E-state index in [-0.39, 0.29) is 5.54 Å². The van der Waals surface area contributed by atoms with Gasteiger partial charge in [-0.2, -0.15) is 5.26 Å². The largest absolute Gasteiger partial charge is 0.300 e. The minimum absolute atomic E-state index is 0.305. The first-order valence-electron chi connectivity index (χ1n) is 7.73. The Hall–Kier alpha value is -0.550. The van der Waals surface area contributed by atoms with Crippen molar-refractivity contribution in [2.45, 2.75) is 64.3 Å². The third-order valence-corrected chi connectivity index (χ3v) is 5.71. The molecule has 2 nitrogen and oxygen atoms in total. The molecule has 0 aliphatic heterocycles. The van der Waals surface area contributed by atoms with Crippen molar-refractivity contribution in [3.05, 3.63) is 0 Å². The third kappa shape index (κ3) is 2.07. The molecule has 0 aromatic heterocycles. The quantitative estimate of drug-likeness (QED) is 0.824. The van der Waals surface area contributed by atoms with Crippen LogP contribution in [0.3, 0.4) is 0 Å². The summed E-state index contributed by atoms with van der Waals surface area (Å²) in [6.07, 6.45) is 9.76. The van der Waals surface area contributed by atoms with Crippen molar-refractivity contribution in [1.29, 1.82) is 5.26 Å². The second-order valence-corrected chi connectivity index (χ2v) is 7.57. The zero-order valence-corrected chi connectivity index (χ0v) is 11.8. The van der Waals surface area contributed by atoms with Crippen LogP contribution in [0.2, 0.25) is 0 Å². The Bertz CT molecular complexity index is 332. The molecule has 0 spiro atoms. The van der Waals surface area contributed by atoms with Crippen LogP contribution in [0.25, 0.3) is 0 Å². The predicted molar refractivity (Wildman–Crippen MR) is 72.9 cm³/mol. The lowest BCUT2D eigenvalue weighted by atomic mass is 9.47. The summed E-state index contributed by atoms with van der Waals surface area (Å²) in [4.78, 5) is 0. The molecule has 4 fully saturated rings. The van der Waals surface area contributed by atoms with E-state index >= 15 is 0 Å². The molecule has 100 valence electrons. The van der Waals surface area contributed by atoms with Crippen LogP contribution in [0.4, 0.5) is 0 Å². The van der Waals surface area contributed by atoms with E-state index in [1.165, 1.54) is 38.5 Å². The van der Waals surface area contributed by atoms with Gasteiger partial charge >= 0.3 is 0 Å². The number of nitrogens with one attached hydrogen (secondary N) is 1. The first-order valence-corrected chi connectivity index (χ1v) is 7.73. The smallest absolute Gasteiger partial charge is 0.104 e. The van der Waals surface area contributed by atoms with Gasteiger partial charge in [0.05, 0.1) is 6.07 Å².